The molecule has 0 bridgehead atoms. The predicted octanol–water partition coefficient (Wildman–Crippen LogP) is 3.37. The van der Waals surface area contributed by atoms with Crippen molar-refractivity contribution in [3.05, 3.63) is 70.3 Å². The molecule has 0 aliphatic heterocycles. The van der Waals surface area contributed by atoms with E-state index in [0.29, 0.717) is 5.69 Å². The first-order valence-electron chi connectivity index (χ1n) is 6.27. The maximum atomic E-state index is 11.9. The van der Waals surface area contributed by atoms with Crippen LogP contribution in [0.25, 0.3) is 0 Å². The topological polar surface area (TPSA) is 72.7 Å². The van der Waals surface area contributed by atoms with Crippen LogP contribution in [0.1, 0.15) is 5.56 Å². The fourth-order valence-corrected chi connectivity index (χ4v) is 1.74. The summed E-state index contributed by atoms with van der Waals surface area (Å²) in [6, 6.07) is 15.1. The number of rotatable bonds is 4. The summed E-state index contributed by atoms with van der Waals surface area (Å²) in [6.07, 6.45) is -0.570. The number of hydrogen-bond acceptors (Lipinski definition) is 4. The summed E-state index contributed by atoms with van der Waals surface area (Å²) in [4.78, 5) is 23.4. The van der Waals surface area contributed by atoms with Gasteiger partial charge in [0.2, 0.25) is 0 Å². The summed E-state index contributed by atoms with van der Waals surface area (Å²) < 4.78 is 5.16. The molecule has 0 heterocycles. The standard InChI is InChI=1S/C15H14N2O4/c1-16(13-8-5-9-14(10-13)17(19)20)15(18)21-11-12-6-3-2-4-7-12/h2-10H,11H2,1H3. The number of nitrogens with zero attached hydrogens (tertiary/aromatic N) is 2. The highest BCUT2D eigenvalue weighted by Gasteiger charge is 2.15. The third kappa shape index (κ3) is 3.79. The molecule has 1 amide bonds. The molecule has 0 fully saturated rings. The van der Waals surface area contributed by atoms with Gasteiger partial charge in [0.25, 0.3) is 5.69 Å². The number of nitro benzene ring substituents is 1. The summed E-state index contributed by atoms with van der Waals surface area (Å²) in [5.74, 6) is 0. The molecular formula is C15H14N2O4. The van der Waals surface area contributed by atoms with E-state index in [0.717, 1.165) is 5.56 Å². The molecule has 0 saturated heterocycles. The number of carbonyl (C=O) groups excluding carboxylic acids is 1. The molecule has 0 N–H and O–H groups in total. The first-order valence-corrected chi connectivity index (χ1v) is 6.27. The lowest BCUT2D eigenvalue weighted by molar-refractivity contribution is -0.384. The first kappa shape index (κ1) is 14.5. The van der Waals surface area contributed by atoms with Gasteiger partial charge in [0.15, 0.2) is 0 Å². The van der Waals surface area contributed by atoms with Crippen molar-refractivity contribution in [3.63, 3.8) is 0 Å². The van der Waals surface area contributed by atoms with Crippen LogP contribution in [0, 0.1) is 10.1 Å². The maximum absolute atomic E-state index is 11.9. The molecule has 0 aromatic heterocycles. The van der Waals surface area contributed by atoms with Crippen LogP contribution in [0.5, 0.6) is 0 Å². The Morgan fingerprint density at radius 2 is 1.90 bits per heavy atom. The molecular weight excluding hydrogens is 272 g/mol. The largest absolute Gasteiger partial charge is 0.444 e. The van der Waals surface area contributed by atoms with Gasteiger partial charge in [-0.15, -0.1) is 0 Å². The van der Waals surface area contributed by atoms with Crippen molar-refractivity contribution in [1.82, 2.24) is 0 Å². The van der Waals surface area contributed by atoms with Crippen LogP contribution in [-0.2, 0) is 11.3 Å². The monoisotopic (exact) mass is 286 g/mol. The van der Waals surface area contributed by atoms with Gasteiger partial charge in [0.05, 0.1) is 10.6 Å². The molecule has 2 rings (SSSR count). The number of benzene rings is 2. The summed E-state index contributed by atoms with van der Waals surface area (Å²) in [7, 11) is 1.51. The van der Waals surface area contributed by atoms with E-state index in [9.17, 15) is 14.9 Å². The van der Waals surface area contributed by atoms with Gasteiger partial charge in [-0.2, -0.15) is 0 Å². The average molecular weight is 286 g/mol. The Morgan fingerprint density at radius 1 is 1.19 bits per heavy atom. The molecule has 0 aliphatic rings. The second-order valence-corrected chi connectivity index (χ2v) is 4.38. The number of amides is 1. The van der Waals surface area contributed by atoms with E-state index in [1.54, 1.807) is 6.07 Å². The van der Waals surface area contributed by atoms with E-state index in [4.69, 9.17) is 4.74 Å². The molecule has 0 radical (unpaired) electrons. The second kappa shape index (κ2) is 6.51. The molecule has 0 aliphatic carbocycles. The van der Waals surface area contributed by atoms with Gasteiger partial charge in [-0.3, -0.25) is 15.0 Å². The minimum atomic E-state index is -0.570. The Labute approximate surface area is 121 Å². The summed E-state index contributed by atoms with van der Waals surface area (Å²) in [5, 5.41) is 10.7. The molecule has 108 valence electrons. The van der Waals surface area contributed by atoms with Crippen LogP contribution in [0.3, 0.4) is 0 Å². The lowest BCUT2D eigenvalue weighted by atomic mass is 10.2. The number of hydrogen-bond donors (Lipinski definition) is 0. The van der Waals surface area contributed by atoms with Crippen molar-refractivity contribution in [3.8, 4) is 0 Å². The summed E-state index contributed by atoms with van der Waals surface area (Å²) in [6.45, 7) is 0.152. The average Bonchev–Trinajstić information content (AvgIpc) is 2.53. The van der Waals surface area contributed by atoms with Crippen molar-refractivity contribution < 1.29 is 14.5 Å². The van der Waals surface area contributed by atoms with E-state index in [-0.39, 0.29) is 12.3 Å². The van der Waals surface area contributed by atoms with Crippen LogP contribution in [0.4, 0.5) is 16.2 Å². The highest BCUT2D eigenvalue weighted by molar-refractivity contribution is 5.87. The quantitative estimate of drug-likeness (QED) is 0.638. The zero-order chi connectivity index (χ0) is 15.2. The number of nitro groups is 1. The Hall–Kier alpha value is -2.89. The molecule has 0 atom stereocenters. The highest BCUT2D eigenvalue weighted by Crippen LogP contribution is 2.20. The first-order chi connectivity index (χ1) is 10.1. The lowest BCUT2D eigenvalue weighted by Gasteiger charge is -2.16. The number of ether oxygens (including phenoxy) is 1. The van der Waals surface area contributed by atoms with Crippen LogP contribution < -0.4 is 4.90 Å². The molecule has 2 aromatic carbocycles. The van der Waals surface area contributed by atoms with Crippen molar-refractivity contribution in [2.75, 3.05) is 11.9 Å². The third-order valence-corrected chi connectivity index (χ3v) is 2.91. The molecule has 2 aromatic rings. The van der Waals surface area contributed by atoms with Crippen LogP contribution in [-0.4, -0.2) is 18.1 Å². The van der Waals surface area contributed by atoms with E-state index >= 15 is 0 Å². The Balaban J connectivity index is 2.02. The predicted molar refractivity (Wildman–Crippen MR) is 78.1 cm³/mol. The summed E-state index contributed by atoms with van der Waals surface area (Å²) >= 11 is 0. The van der Waals surface area contributed by atoms with E-state index in [1.165, 1.54) is 30.1 Å². The maximum Gasteiger partial charge on any atom is 0.414 e. The molecule has 0 saturated carbocycles. The minimum absolute atomic E-state index is 0.0739. The van der Waals surface area contributed by atoms with Crippen molar-refractivity contribution in [2.24, 2.45) is 0 Å². The van der Waals surface area contributed by atoms with Gasteiger partial charge in [-0.1, -0.05) is 36.4 Å². The molecule has 21 heavy (non-hydrogen) atoms. The molecule has 6 heteroatoms. The lowest BCUT2D eigenvalue weighted by Crippen LogP contribution is -2.26. The van der Waals surface area contributed by atoms with Crippen molar-refractivity contribution in [1.29, 1.82) is 0 Å². The van der Waals surface area contributed by atoms with Gasteiger partial charge in [-0.05, 0) is 11.6 Å². The fourth-order valence-electron chi connectivity index (χ4n) is 1.74. The Bertz CT molecular complexity index is 643. The van der Waals surface area contributed by atoms with Gasteiger partial charge in [0, 0.05) is 19.2 Å². The number of non-ortho nitro benzene ring substituents is 1. The number of anilines is 1. The minimum Gasteiger partial charge on any atom is -0.444 e. The van der Waals surface area contributed by atoms with E-state index in [2.05, 4.69) is 0 Å². The normalized spacial score (nSPS) is 9.95. The van der Waals surface area contributed by atoms with E-state index in [1.807, 2.05) is 30.3 Å². The zero-order valence-electron chi connectivity index (χ0n) is 11.4. The van der Waals surface area contributed by atoms with Gasteiger partial charge in [-0.25, -0.2) is 4.79 Å². The van der Waals surface area contributed by atoms with Gasteiger partial charge >= 0.3 is 6.09 Å². The van der Waals surface area contributed by atoms with Crippen molar-refractivity contribution in [2.45, 2.75) is 6.61 Å². The molecule has 0 spiro atoms. The fraction of sp³-hybridized carbons (Fsp3) is 0.133. The van der Waals surface area contributed by atoms with E-state index < -0.39 is 11.0 Å². The Morgan fingerprint density at radius 3 is 2.57 bits per heavy atom. The van der Waals surface area contributed by atoms with Crippen LogP contribution in [0.2, 0.25) is 0 Å². The van der Waals surface area contributed by atoms with Crippen molar-refractivity contribution >= 4 is 17.5 Å². The zero-order valence-corrected chi connectivity index (χ0v) is 11.4. The number of carbonyl (C=O) groups is 1. The highest BCUT2D eigenvalue weighted by atomic mass is 16.6. The van der Waals surface area contributed by atoms with Crippen LogP contribution >= 0.6 is 0 Å². The Kier molecular flexibility index (Phi) is 4.50. The second-order valence-electron chi connectivity index (χ2n) is 4.38. The molecule has 6 nitrogen and oxygen atoms in total. The van der Waals surface area contributed by atoms with Gasteiger partial charge < -0.3 is 4.74 Å². The SMILES string of the molecule is CN(C(=O)OCc1ccccc1)c1cccc([N+](=O)[O-])c1. The third-order valence-electron chi connectivity index (χ3n) is 2.91. The van der Waals surface area contributed by atoms with Crippen LogP contribution in [0.15, 0.2) is 54.6 Å². The van der Waals surface area contributed by atoms with Gasteiger partial charge in [0.1, 0.15) is 6.61 Å². The molecule has 0 unspecified atom stereocenters. The summed E-state index contributed by atoms with van der Waals surface area (Å²) in [5.41, 5.74) is 1.20. The smallest absolute Gasteiger partial charge is 0.414 e.